The molecule has 1 aliphatic heterocycles. The lowest BCUT2D eigenvalue weighted by Crippen LogP contribution is -2.46. The molecular weight excluding hydrogens is 228 g/mol. The fraction of sp³-hybridized carbons (Fsp3) is 0.929. The molecule has 1 spiro atoms. The summed E-state index contributed by atoms with van der Waals surface area (Å²) in [6, 6.07) is 0. The highest BCUT2D eigenvalue weighted by molar-refractivity contribution is 7.80. The second-order valence-electron chi connectivity index (χ2n) is 5.78. The van der Waals surface area contributed by atoms with E-state index >= 15 is 0 Å². The first-order chi connectivity index (χ1) is 8.26. The van der Waals surface area contributed by atoms with E-state index in [9.17, 15) is 0 Å². The van der Waals surface area contributed by atoms with Gasteiger partial charge in [0.15, 0.2) is 5.11 Å². The van der Waals surface area contributed by atoms with Crippen LogP contribution in [0.25, 0.3) is 0 Å². The van der Waals surface area contributed by atoms with E-state index in [1.807, 2.05) is 0 Å². The van der Waals surface area contributed by atoms with E-state index < -0.39 is 0 Å². The zero-order valence-corrected chi connectivity index (χ0v) is 12.0. The number of hydrogen-bond acceptors (Lipinski definition) is 1. The van der Waals surface area contributed by atoms with Gasteiger partial charge in [-0.2, -0.15) is 0 Å². The molecule has 17 heavy (non-hydrogen) atoms. The standard InChI is InChI=1S/C14H26N2S/c1-2-3-10-15-13(17)16-11-8-14(9-12-16)6-4-5-7-14/h2-12H2,1H3,(H,15,17). The van der Waals surface area contributed by atoms with Gasteiger partial charge in [0.2, 0.25) is 0 Å². The van der Waals surface area contributed by atoms with Crippen LogP contribution in [0.3, 0.4) is 0 Å². The Morgan fingerprint density at radius 3 is 2.41 bits per heavy atom. The van der Waals surface area contributed by atoms with Gasteiger partial charge in [-0.05, 0) is 49.7 Å². The molecule has 0 unspecified atom stereocenters. The SMILES string of the molecule is CCCCNC(=S)N1CCC2(CCCC2)CC1. The Hall–Kier alpha value is -0.310. The molecule has 0 bridgehead atoms. The van der Waals surface area contributed by atoms with Gasteiger partial charge in [-0.3, -0.25) is 0 Å². The van der Waals surface area contributed by atoms with Crippen LogP contribution in [0.1, 0.15) is 58.3 Å². The minimum Gasteiger partial charge on any atom is -0.363 e. The van der Waals surface area contributed by atoms with Crippen LogP contribution in [0.2, 0.25) is 0 Å². The van der Waals surface area contributed by atoms with Crippen LogP contribution in [0.5, 0.6) is 0 Å². The first kappa shape index (κ1) is 13.1. The summed E-state index contributed by atoms with van der Waals surface area (Å²) in [4.78, 5) is 2.38. The number of rotatable bonds is 3. The highest BCUT2D eigenvalue weighted by Crippen LogP contribution is 2.46. The maximum atomic E-state index is 5.47. The van der Waals surface area contributed by atoms with Crippen molar-refractivity contribution in [2.24, 2.45) is 5.41 Å². The summed E-state index contributed by atoms with van der Waals surface area (Å²) >= 11 is 5.47. The van der Waals surface area contributed by atoms with Crippen molar-refractivity contribution in [2.75, 3.05) is 19.6 Å². The van der Waals surface area contributed by atoms with Crippen molar-refractivity contribution in [3.63, 3.8) is 0 Å². The maximum Gasteiger partial charge on any atom is 0.168 e. The number of thiocarbonyl (C=S) groups is 1. The summed E-state index contributed by atoms with van der Waals surface area (Å²) < 4.78 is 0. The smallest absolute Gasteiger partial charge is 0.168 e. The first-order valence-electron chi connectivity index (χ1n) is 7.29. The van der Waals surface area contributed by atoms with Gasteiger partial charge in [0.1, 0.15) is 0 Å². The predicted molar refractivity (Wildman–Crippen MR) is 77.2 cm³/mol. The topological polar surface area (TPSA) is 15.3 Å². The molecule has 1 saturated heterocycles. The van der Waals surface area contributed by atoms with Gasteiger partial charge in [-0.15, -0.1) is 0 Å². The Balaban J connectivity index is 1.72. The quantitative estimate of drug-likeness (QED) is 0.614. The average Bonchev–Trinajstić information content (AvgIpc) is 2.79. The van der Waals surface area contributed by atoms with Crippen LogP contribution < -0.4 is 5.32 Å². The lowest BCUT2D eigenvalue weighted by molar-refractivity contribution is 0.153. The fourth-order valence-electron chi connectivity index (χ4n) is 3.29. The van der Waals surface area contributed by atoms with Crippen LogP contribution >= 0.6 is 12.2 Å². The maximum absolute atomic E-state index is 5.47. The molecule has 1 saturated carbocycles. The Kier molecular flexibility index (Phi) is 4.66. The minimum absolute atomic E-state index is 0.704. The third-order valence-corrected chi connectivity index (χ3v) is 4.98. The Morgan fingerprint density at radius 1 is 1.18 bits per heavy atom. The molecule has 0 amide bonds. The number of nitrogens with one attached hydrogen (secondary N) is 1. The molecular formula is C14H26N2S. The van der Waals surface area contributed by atoms with E-state index in [4.69, 9.17) is 12.2 Å². The fourth-order valence-corrected chi connectivity index (χ4v) is 3.58. The van der Waals surface area contributed by atoms with Crippen molar-refractivity contribution in [1.29, 1.82) is 0 Å². The normalized spacial score (nSPS) is 23.0. The van der Waals surface area contributed by atoms with Crippen molar-refractivity contribution in [2.45, 2.75) is 58.3 Å². The molecule has 2 rings (SSSR count). The second-order valence-corrected chi connectivity index (χ2v) is 6.17. The molecule has 3 heteroatoms. The summed E-state index contributed by atoms with van der Waals surface area (Å²) in [5.74, 6) is 0. The molecule has 0 aromatic carbocycles. The van der Waals surface area contributed by atoms with Gasteiger partial charge >= 0.3 is 0 Å². The molecule has 0 aromatic heterocycles. The number of likely N-dealkylation sites (tertiary alicyclic amines) is 1. The van der Waals surface area contributed by atoms with Crippen LogP contribution in [0, 0.1) is 5.41 Å². The Bertz CT molecular complexity index is 249. The van der Waals surface area contributed by atoms with E-state index in [0.29, 0.717) is 5.41 Å². The predicted octanol–water partition coefficient (Wildman–Crippen LogP) is 3.32. The third-order valence-electron chi connectivity index (χ3n) is 4.58. The van der Waals surface area contributed by atoms with Crippen molar-refractivity contribution < 1.29 is 0 Å². The van der Waals surface area contributed by atoms with Crippen molar-refractivity contribution in [3.8, 4) is 0 Å². The first-order valence-corrected chi connectivity index (χ1v) is 7.69. The summed E-state index contributed by atoms with van der Waals surface area (Å²) in [5.41, 5.74) is 0.704. The van der Waals surface area contributed by atoms with Crippen molar-refractivity contribution >= 4 is 17.3 Å². The van der Waals surface area contributed by atoms with Crippen LogP contribution in [0.4, 0.5) is 0 Å². The molecule has 1 N–H and O–H groups in total. The Labute approximate surface area is 111 Å². The molecule has 0 atom stereocenters. The van der Waals surface area contributed by atoms with E-state index in [-0.39, 0.29) is 0 Å². The van der Waals surface area contributed by atoms with Crippen molar-refractivity contribution in [3.05, 3.63) is 0 Å². The summed E-state index contributed by atoms with van der Waals surface area (Å²) in [6.07, 6.45) is 11.0. The molecule has 1 heterocycles. The van der Waals surface area contributed by atoms with Crippen LogP contribution in [-0.2, 0) is 0 Å². The van der Waals surface area contributed by atoms with E-state index in [0.717, 1.165) is 11.7 Å². The lowest BCUT2D eigenvalue weighted by atomic mass is 9.77. The Morgan fingerprint density at radius 2 is 1.82 bits per heavy atom. The van der Waals surface area contributed by atoms with Gasteiger partial charge in [0.25, 0.3) is 0 Å². The summed E-state index contributed by atoms with van der Waals surface area (Å²) in [6.45, 7) is 5.61. The summed E-state index contributed by atoms with van der Waals surface area (Å²) in [5, 5.41) is 4.38. The zero-order chi connectivity index (χ0) is 12.1. The molecule has 0 aromatic rings. The second kappa shape index (κ2) is 6.03. The van der Waals surface area contributed by atoms with Gasteiger partial charge in [-0.1, -0.05) is 26.2 Å². The molecule has 98 valence electrons. The highest BCUT2D eigenvalue weighted by atomic mass is 32.1. The zero-order valence-electron chi connectivity index (χ0n) is 11.1. The summed E-state index contributed by atoms with van der Waals surface area (Å²) in [7, 11) is 0. The van der Waals surface area contributed by atoms with Gasteiger partial charge in [0.05, 0.1) is 0 Å². The van der Waals surface area contributed by atoms with Crippen LogP contribution in [0.15, 0.2) is 0 Å². The minimum atomic E-state index is 0.704. The van der Waals surface area contributed by atoms with Gasteiger partial charge in [0, 0.05) is 19.6 Å². The largest absolute Gasteiger partial charge is 0.363 e. The van der Waals surface area contributed by atoms with Crippen LogP contribution in [-0.4, -0.2) is 29.6 Å². The third kappa shape index (κ3) is 3.34. The number of unbranched alkanes of at least 4 members (excludes halogenated alkanes) is 1. The molecule has 0 radical (unpaired) electrons. The monoisotopic (exact) mass is 254 g/mol. The van der Waals surface area contributed by atoms with E-state index in [1.54, 1.807) is 0 Å². The van der Waals surface area contributed by atoms with E-state index in [1.165, 1.54) is 64.5 Å². The molecule has 2 nitrogen and oxygen atoms in total. The number of piperidine rings is 1. The van der Waals surface area contributed by atoms with Crippen molar-refractivity contribution in [1.82, 2.24) is 10.2 Å². The highest BCUT2D eigenvalue weighted by Gasteiger charge is 2.37. The molecule has 2 aliphatic rings. The number of nitrogens with zero attached hydrogens (tertiary/aromatic N) is 1. The number of hydrogen-bond donors (Lipinski definition) is 1. The van der Waals surface area contributed by atoms with Gasteiger partial charge in [-0.25, -0.2) is 0 Å². The lowest BCUT2D eigenvalue weighted by Gasteiger charge is -2.40. The average molecular weight is 254 g/mol. The molecule has 1 aliphatic carbocycles. The molecule has 2 fully saturated rings. The van der Waals surface area contributed by atoms with E-state index in [2.05, 4.69) is 17.1 Å². The van der Waals surface area contributed by atoms with Gasteiger partial charge < -0.3 is 10.2 Å².